The van der Waals surface area contributed by atoms with E-state index in [0.717, 1.165) is 22.4 Å². The standard InChI is InChI=1S/C26H20N8O/c1-3-9-18(10-4-1)21-16-23-30-32-25(19-11-5-2-6-12-19)34(23)33-26(21)35-22(24-28-17-29-31-24)15-20-13-7-8-14-27-20/h1-14,16-17,22H,15H2,(H,28,29,31). The molecule has 0 saturated heterocycles. The van der Waals surface area contributed by atoms with E-state index in [1.807, 2.05) is 84.9 Å². The molecule has 0 aliphatic carbocycles. The maximum Gasteiger partial charge on any atom is 0.240 e. The van der Waals surface area contributed by atoms with Crippen LogP contribution in [0.5, 0.6) is 5.88 Å². The Bertz CT molecular complexity index is 1530. The third-order valence-corrected chi connectivity index (χ3v) is 5.57. The van der Waals surface area contributed by atoms with Crippen LogP contribution in [0.15, 0.2) is 97.5 Å². The van der Waals surface area contributed by atoms with Crippen LogP contribution in [-0.2, 0) is 6.42 Å². The molecule has 6 rings (SSSR count). The SMILES string of the molecule is c1ccc(-c2cc3nnc(-c4ccccc4)n3nc2OC(Cc2ccccn2)c2nc[nH]n2)cc1. The third kappa shape index (κ3) is 4.22. The number of hydrogen-bond donors (Lipinski definition) is 1. The minimum absolute atomic E-state index is 0.423. The molecule has 0 fully saturated rings. The molecule has 0 aliphatic rings. The zero-order valence-electron chi connectivity index (χ0n) is 18.6. The molecular formula is C26H20N8O. The Kier molecular flexibility index (Phi) is 5.40. The lowest BCUT2D eigenvalue weighted by Crippen LogP contribution is -2.15. The van der Waals surface area contributed by atoms with Crippen LogP contribution in [0.1, 0.15) is 17.6 Å². The Labute approximate surface area is 200 Å². The lowest BCUT2D eigenvalue weighted by atomic mass is 10.1. The summed E-state index contributed by atoms with van der Waals surface area (Å²) in [6.07, 6.45) is 3.25. The van der Waals surface area contributed by atoms with Gasteiger partial charge in [0.2, 0.25) is 5.88 Å². The van der Waals surface area contributed by atoms with Gasteiger partial charge in [-0.2, -0.15) is 9.61 Å². The fraction of sp³-hybridized carbons (Fsp3) is 0.0769. The maximum atomic E-state index is 6.54. The zero-order valence-corrected chi connectivity index (χ0v) is 18.6. The summed E-state index contributed by atoms with van der Waals surface area (Å²) >= 11 is 0. The van der Waals surface area contributed by atoms with Crippen LogP contribution < -0.4 is 4.74 Å². The molecule has 6 aromatic rings. The number of nitrogens with zero attached hydrogens (tertiary/aromatic N) is 7. The highest BCUT2D eigenvalue weighted by Gasteiger charge is 2.23. The van der Waals surface area contributed by atoms with E-state index in [1.165, 1.54) is 6.33 Å². The van der Waals surface area contributed by atoms with E-state index in [9.17, 15) is 0 Å². The number of fused-ring (bicyclic) bond motifs is 1. The first-order valence-electron chi connectivity index (χ1n) is 11.1. The number of hydrogen-bond acceptors (Lipinski definition) is 7. The number of benzene rings is 2. The average molecular weight is 461 g/mol. The molecule has 170 valence electrons. The van der Waals surface area contributed by atoms with Crippen molar-refractivity contribution >= 4 is 5.65 Å². The molecule has 0 amide bonds. The van der Waals surface area contributed by atoms with Gasteiger partial charge in [-0.15, -0.1) is 15.3 Å². The topological polar surface area (TPSA) is 107 Å². The van der Waals surface area contributed by atoms with Gasteiger partial charge in [0.15, 0.2) is 23.4 Å². The second kappa shape index (κ2) is 9.14. The van der Waals surface area contributed by atoms with E-state index in [-0.39, 0.29) is 0 Å². The zero-order chi connectivity index (χ0) is 23.5. The quantitative estimate of drug-likeness (QED) is 0.378. The van der Waals surface area contributed by atoms with Crippen LogP contribution in [0.2, 0.25) is 0 Å². The highest BCUT2D eigenvalue weighted by molar-refractivity contribution is 5.73. The molecule has 0 aliphatic heterocycles. The summed E-state index contributed by atoms with van der Waals surface area (Å²) in [4.78, 5) is 8.80. The van der Waals surface area contributed by atoms with E-state index in [1.54, 1.807) is 10.7 Å². The van der Waals surface area contributed by atoms with Gasteiger partial charge in [-0.05, 0) is 23.8 Å². The van der Waals surface area contributed by atoms with Crippen LogP contribution in [0.4, 0.5) is 0 Å². The highest BCUT2D eigenvalue weighted by Crippen LogP contribution is 2.33. The van der Waals surface area contributed by atoms with Crippen molar-refractivity contribution < 1.29 is 4.74 Å². The van der Waals surface area contributed by atoms with Crippen molar-refractivity contribution in [2.45, 2.75) is 12.5 Å². The first-order valence-corrected chi connectivity index (χ1v) is 11.1. The van der Waals surface area contributed by atoms with Gasteiger partial charge in [0, 0.05) is 29.4 Å². The summed E-state index contributed by atoms with van der Waals surface area (Å²) < 4.78 is 8.25. The molecule has 1 atom stereocenters. The Balaban J connectivity index is 1.48. The summed E-state index contributed by atoms with van der Waals surface area (Å²) in [7, 11) is 0. The molecular weight excluding hydrogens is 440 g/mol. The predicted octanol–water partition coefficient (Wildman–Crippen LogP) is 4.33. The number of aromatic amines is 1. The lowest BCUT2D eigenvalue weighted by Gasteiger charge is -2.18. The van der Waals surface area contributed by atoms with E-state index in [0.29, 0.717) is 29.6 Å². The largest absolute Gasteiger partial charge is 0.464 e. The molecule has 0 radical (unpaired) electrons. The fourth-order valence-electron chi connectivity index (χ4n) is 3.90. The van der Waals surface area contributed by atoms with Gasteiger partial charge in [0.1, 0.15) is 6.33 Å². The Morgan fingerprint density at radius 1 is 0.829 bits per heavy atom. The van der Waals surface area contributed by atoms with Gasteiger partial charge >= 0.3 is 0 Å². The van der Waals surface area contributed by atoms with Gasteiger partial charge in [0.05, 0.1) is 0 Å². The first kappa shape index (κ1) is 20.7. The molecule has 1 unspecified atom stereocenters. The monoisotopic (exact) mass is 460 g/mol. The Hall–Kier alpha value is -4.92. The Morgan fingerprint density at radius 3 is 2.31 bits per heavy atom. The number of pyridine rings is 1. The number of ether oxygens (including phenoxy) is 1. The van der Waals surface area contributed by atoms with Crippen molar-refractivity contribution in [1.82, 2.24) is 40.0 Å². The van der Waals surface area contributed by atoms with Crippen molar-refractivity contribution in [3.8, 4) is 28.4 Å². The average Bonchev–Trinajstić information content (AvgIpc) is 3.60. The molecule has 0 bridgehead atoms. The van der Waals surface area contributed by atoms with E-state index < -0.39 is 6.10 Å². The molecule has 9 nitrogen and oxygen atoms in total. The third-order valence-electron chi connectivity index (χ3n) is 5.57. The minimum Gasteiger partial charge on any atom is -0.464 e. The molecule has 1 N–H and O–H groups in total. The molecule has 4 aromatic heterocycles. The van der Waals surface area contributed by atoms with Gasteiger partial charge < -0.3 is 4.74 Å². The van der Waals surface area contributed by atoms with Crippen LogP contribution >= 0.6 is 0 Å². The molecule has 0 saturated carbocycles. The van der Waals surface area contributed by atoms with Crippen LogP contribution in [-0.4, -0.2) is 40.0 Å². The van der Waals surface area contributed by atoms with Gasteiger partial charge in [0.25, 0.3) is 0 Å². The highest BCUT2D eigenvalue weighted by atomic mass is 16.5. The normalized spacial score (nSPS) is 12.0. The van der Waals surface area contributed by atoms with Crippen molar-refractivity contribution in [3.63, 3.8) is 0 Å². The molecule has 2 aromatic carbocycles. The van der Waals surface area contributed by atoms with E-state index >= 15 is 0 Å². The van der Waals surface area contributed by atoms with E-state index in [2.05, 4.69) is 30.4 Å². The van der Waals surface area contributed by atoms with Gasteiger partial charge in [-0.1, -0.05) is 66.7 Å². The molecule has 0 spiro atoms. The summed E-state index contributed by atoms with van der Waals surface area (Å²) in [5.41, 5.74) is 4.14. The molecule has 35 heavy (non-hydrogen) atoms. The molecule has 4 heterocycles. The van der Waals surface area contributed by atoms with Gasteiger partial charge in [-0.25, -0.2) is 4.98 Å². The lowest BCUT2D eigenvalue weighted by molar-refractivity contribution is 0.185. The predicted molar refractivity (Wildman–Crippen MR) is 129 cm³/mol. The number of aromatic nitrogens is 8. The van der Waals surface area contributed by atoms with Crippen LogP contribution in [0.25, 0.3) is 28.2 Å². The molecule has 9 heteroatoms. The van der Waals surface area contributed by atoms with Crippen LogP contribution in [0.3, 0.4) is 0 Å². The summed E-state index contributed by atoms with van der Waals surface area (Å²) in [6.45, 7) is 0. The summed E-state index contributed by atoms with van der Waals surface area (Å²) in [6, 6.07) is 27.5. The number of rotatable bonds is 7. The fourth-order valence-corrected chi connectivity index (χ4v) is 3.90. The van der Waals surface area contributed by atoms with Crippen molar-refractivity contribution in [2.24, 2.45) is 0 Å². The van der Waals surface area contributed by atoms with Gasteiger partial charge in [-0.3, -0.25) is 10.1 Å². The number of H-pyrrole nitrogens is 1. The van der Waals surface area contributed by atoms with Crippen molar-refractivity contribution in [2.75, 3.05) is 0 Å². The van der Waals surface area contributed by atoms with E-state index in [4.69, 9.17) is 9.84 Å². The summed E-state index contributed by atoms with van der Waals surface area (Å²) in [5, 5.41) is 20.7. The van der Waals surface area contributed by atoms with Crippen molar-refractivity contribution in [1.29, 1.82) is 0 Å². The number of nitrogens with one attached hydrogen (secondary N) is 1. The smallest absolute Gasteiger partial charge is 0.240 e. The maximum absolute atomic E-state index is 6.54. The van der Waals surface area contributed by atoms with Crippen molar-refractivity contribution in [3.05, 3.63) is 109 Å². The second-order valence-corrected chi connectivity index (χ2v) is 7.88. The first-order chi connectivity index (χ1) is 17.3. The van der Waals surface area contributed by atoms with Crippen LogP contribution in [0, 0.1) is 0 Å². The second-order valence-electron chi connectivity index (χ2n) is 7.88. The Morgan fingerprint density at radius 2 is 1.60 bits per heavy atom. The summed E-state index contributed by atoms with van der Waals surface area (Å²) in [5.74, 6) is 1.57. The minimum atomic E-state index is -0.514.